The molecule has 6 nitrogen and oxygen atoms in total. The molecule has 0 spiro atoms. The van der Waals surface area contributed by atoms with Gasteiger partial charge in [-0.1, -0.05) is 6.07 Å². The van der Waals surface area contributed by atoms with Gasteiger partial charge in [-0.15, -0.1) is 0 Å². The Morgan fingerprint density at radius 1 is 1.22 bits per heavy atom. The number of sulfonamides is 1. The molecule has 1 aromatic carbocycles. The number of H-pyrrole nitrogens is 1. The summed E-state index contributed by atoms with van der Waals surface area (Å²) < 4.78 is 38.3. The van der Waals surface area contributed by atoms with Gasteiger partial charge in [-0.3, -0.25) is 4.79 Å². The van der Waals surface area contributed by atoms with E-state index in [9.17, 15) is 17.6 Å². The van der Waals surface area contributed by atoms with Crippen molar-refractivity contribution in [1.29, 1.82) is 0 Å². The van der Waals surface area contributed by atoms with Gasteiger partial charge in [-0.25, -0.2) is 17.1 Å². The number of halogens is 1. The smallest absolute Gasteiger partial charge is 0.270 e. The first-order valence-corrected chi connectivity index (χ1v) is 9.23. The highest BCUT2D eigenvalue weighted by molar-refractivity contribution is 7.88. The lowest BCUT2D eigenvalue weighted by Gasteiger charge is -2.20. The Hall–Kier alpha value is -1.93. The minimum absolute atomic E-state index is 0.240. The van der Waals surface area contributed by atoms with Crippen molar-refractivity contribution in [2.45, 2.75) is 6.42 Å². The maximum atomic E-state index is 13.7. The summed E-state index contributed by atoms with van der Waals surface area (Å²) in [6.07, 6.45) is 1.75. The first-order valence-electron chi connectivity index (χ1n) is 7.38. The number of hydrogen-bond donors (Lipinski definition) is 1. The normalized spacial score (nSPS) is 17.4. The summed E-state index contributed by atoms with van der Waals surface area (Å²) in [5.41, 5.74) is 0.888. The van der Waals surface area contributed by atoms with Crippen LogP contribution in [0.1, 0.15) is 16.9 Å². The van der Waals surface area contributed by atoms with Crippen LogP contribution in [-0.2, 0) is 10.0 Å². The maximum Gasteiger partial charge on any atom is 0.270 e. The van der Waals surface area contributed by atoms with Crippen molar-refractivity contribution < 1.29 is 17.6 Å². The van der Waals surface area contributed by atoms with Gasteiger partial charge in [0.15, 0.2) is 0 Å². The lowest BCUT2D eigenvalue weighted by atomic mass is 10.2. The van der Waals surface area contributed by atoms with E-state index in [1.807, 2.05) is 0 Å². The lowest BCUT2D eigenvalue weighted by molar-refractivity contribution is 0.0759. The second kappa shape index (κ2) is 5.93. The quantitative estimate of drug-likeness (QED) is 0.899. The van der Waals surface area contributed by atoms with Gasteiger partial charge in [0.05, 0.1) is 6.26 Å². The number of aromatic nitrogens is 1. The highest BCUT2D eigenvalue weighted by Crippen LogP contribution is 2.20. The molecule has 8 heteroatoms. The van der Waals surface area contributed by atoms with E-state index < -0.39 is 10.0 Å². The Morgan fingerprint density at radius 2 is 2.00 bits per heavy atom. The second-order valence-electron chi connectivity index (χ2n) is 5.69. The second-order valence-corrected chi connectivity index (χ2v) is 7.67. The fraction of sp³-hybridized carbons (Fsp3) is 0.400. The predicted molar refractivity (Wildman–Crippen MR) is 85.2 cm³/mol. The molecule has 1 saturated heterocycles. The summed E-state index contributed by atoms with van der Waals surface area (Å²) in [6, 6.07) is 6.15. The molecule has 2 aromatic rings. The summed E-state index contributed by atoms with van der Waals surface area (Å²) in [7, 11) is -3.25. The molecular formula is C15H18FN3O3S. The van der Waals surface area contributed by atoms with Gasteiger partial charge in [0, 0.05) is 37.1 Å². The van der Waals surface area contributed by atoms with Gasteiger partial charge >= 0.3 is 0 Å². The third kappa shape index (κ3) is 3.23. The minimum Gasteiger partial charge on any atom is -0.350 e. The van der Waals surface area contributed by atoms with Crippen molar-refractivity contribution in [2.24, 2.45) is 0 Å². The molecule has 1 fully saturated rings. The highest BCUT2D eigenvalue weighted by Gasteiger charge is 2.25. The van der Waals surface area contributed by atoms with Gasteiger partial charge in [-0.05, 0) is 24.6 Å². The Balaban J connectivity index is 1.81. The SMILES string of the molecule is CS(=O)(=O)N1CCCN(C(=O)c2cc3c(F)cccc3[nH]2)CC1. The number of rotatable bonds is 2. The summed E-state index contributed by atoms with van der Waals surface area (Å²) in [5, 5.41) is 0.378. The van der Waals surface area contributed by atoms with Crippen LogP contribution < -0.4 is 0 Å². The lowest BCUT2D eigenvalue weighted by Crippen LogP contribution is -2.37. The zero-order valence-electron chi connectivity index (χ0n) is 12.8. The van der Waals surface area contributed by atoms with Gasteiger partial charge in [0.1, 0.15) is 11.5 Å². The van der Waals surface area contributed by atoms with Crippen LogP contribution in [0.25, 0.3) is 10.9 Å². The van der Waals surface area contributed by atoms with E-state index in [0.29, 0.717) is 42.7 Å². The monoisotopic (exact) mass is 339 g/mol. The molecule has 124 valence electrons. The van der Waals surface area contributed by atoms with E-state index in [4.69, 9.17) is 0 Å². The van der Waals surface area contributed by atoms with Gasteiger partial charge in [-0.2, -0.15) is 0 Å². The van der Waals surface area contributed by atoms with Crippen LogP contribution in [0.5, 0.6) is 0 Å². The molecule has 0 bridgehead atoms. The minimum atomic E-state index is -3.25. The summed E-state index contributed by atoms with van der Waals surface area (Å²) in [5.74, 6) is -0.618. The molecule has 0 unspecified atom stereocenters. The van der Waals surface area contributed by atoms with E-state index in [2.05, 4.69) is 4.98 Å². The largest absolute Gasteiger partial charge is 0.350 e. The number of hydrogen-bond acceptors (Lipinski definition) is 3. The van der Waals surface area contributed by atoms with Crippen LogP contribution >= 0.6 is 0 Å². The standard InChI is InChI=1S/C15H18FN3O3S/c1-23(21,22)19-7-3-6-18(8-9-19)15(20)14-10-11-12(16)4-2-5-13(11)17-14/h2,4-5,10,17H,3,6-9H2,1H3. The van der Waals surface area contributed by atoms with Crippen molar-refractivity contribution in [3.8, 4) is 0 Å². The Bertz CT molecular complexity index is 847. The van der Waals surface area contributed by atoms with E-state index in [0.717, 1.165) is 0 Å². The van der Waals surface area contributed by atoms with Crippen molar-refractivity contribution in [3.63, 3.8) is 0 Å². The van der Waals surface area contributed by atoms with Crippen molar-refractivity contribution >= 4 is 26.8 Å². The van der Waals surface area contributed by atoms with Crippen LogP contribution in [0.2, 0.25) is 0 Å². The number of carbonyl (C=O) groups is 1. The first kappa shape index (κ1) is 15.9. The van der Waals surface area contributed by atoms with E-state index >= 15 is 0 Å². The van der Waals surface area contributed by atoms with E-state index in [1.165, 1.54) is 22.7 Å². The van der Waals surface area contributed by atoms with Crippen molar-refractivity contribution in [3.05, 3.63) is 35.8 Å². The third-order valence-corrected chi connectivity index (χ3v) is 5.36. The maximum absolute atomic E-state index is 13.7. The molecule has 1 aliphatic rings. The molecule has 3 rings (SSSR count). The molecule has 0 radical (unpaired) electrons. The van der Waals surface area contributed by atoms with E-state index in [-0.39, 0.29) is 18.3 Å². The average molecular weight is 339 g/mol. The molecule has 0 saturated carbocycles. The number of amides is 1. The number of aromatic amines is 1. The van der Waals surface area contributed by atoms with Crippen LogP contribution in [-0.4, -0.2) is 60.9 Å². The molecule has 1 aromatic heterocycles. The fourth-order valence-corrected chi connectivity index (χ4v) is 3.71. The predicted octanol–water partition coefficient (Wildman–Crippen LogP) is 1.41. The van der Waals surface area contributed by atoms with Crippen molar-refractivity contribution in [2.75, 3.05) is 32.4 Å². The number of fused-ring (bicyclic) bond motifs is 1. The van der Waals surface area contributed by atoms with Gasteiger partial charge in [0.25, 0.3) is 5.91 Å². The van der Waals surface area contributed by atoms with Crippen LogP contribution in [0.3, 0.4) is 0 Å². The highest BCUT2D eigenvalue weighted by atomic mass is 32.2. The van der Waals surface area contributed by atoms with Gasteiger partial charge < -0.3 is 9.88 Å². The molecule has 1 N–H and O–H groups in total. The number of nitrogens with one attached hydrogen (secondary N) is 1. The number of benzene rings is 1. The number of carbonyl (C=O) groups excluding carboxylic acids is 1. The Morgan fingerprint density at radius 3 is 2.70 bits per heavy atom. The zero-order valence-corrected chi connectivity index (χ0v) is 13.6. The molecule has 2 heterocycles. The molecular weight excluding hydrogens is 321 g/mol. The number of nitrogens with zero attached hydrogens (tertiary/aromatic N) is 2. The van der Waals surface area contributed by atoms with Crippen LogP contribution in [0.15, 0.2) is 24.3 Å². The molecule has 23 heavy (non-hydrogen) atoms. The molecule has 1 aliphatic heterocycles. The van der Waals surface area contributed by atoms with Crippen molar-refractivity contribution in [1.82, 2.24) is 14.2 Å². The fourth-order valence-electron chi connectivity index (χ4n) is 2.83. The Labute approximate surface area is 133 Å². The first-order chi connectivity index (χ1) is 10.9. The van der Waals surface area contributed by atoms with Gasteiger partial charge in [0.2, 0.25) is 10.0 Å². The topological polar surface area (TPSA) is 73.5 Å². The third-order valence-electron chi connectivity index (χ3n) is 4.05. The van der Waals surface area contributed by atoms with Crippen LogP contribution in [0.4, 0.5) is 4.39 Å². The summed E-state index contributed by atoms with van der Waals surface area (Å²) >= 11 is 0. The summed E-state index contributed by atoms with van der Waals surface area (Å²) in [4.78, 5) is 17.1. The average Bonchev–Trinajstić information content (AvgIpc) is 2.76. The molecule has 0 atom stereocenters. The molecule has 0 aliphatic carbocycles. The van der Waals surface area contributed by atoms with E-state index in [1.54, 1.807) is 17.0 Å². The molecule has 1 amide bonds. The summed E-state index contributed by atoms with van der Waals surface area (Å²) in [6.45, 7) is 1.48. The zero-order chi connectivity index (χ0) is 16.6. The Kier molecular flexibility index (Phi) is 4.11. The van der Waals surface area contributed by atoms with Crippen LogP contribution in [0, 0.1) is 5.82 Å².